The third kappa shape index (κ3) is 4.00. The van der Waals surface area contributed by atoms with Crippen molar-refractivity contribution in [3.8, 4) is 0 Å². The van der Waals surface area contributed by atoms with Gasteiger partial charge in [0.2, 0.25) is 0 Å². The van der Waals surface area contributed by atoms with Crippen LogP contribution in [0.15, 0.2) is 48.0 Å². The minimum Gasteiger partial charge on any atom is -0.386 e. The Labute approximate surface area is 147 Å². The maximum Gasteiger partial charge on any atom is 0.273 e. The number of hydrogen-bond acceptors (Lipinski definition) is 5. The molecule has 3 rings (SSSR count). The first-order chi connectivity index (χ1) is 11.6. The van der Waals surface area contributed by atoms with Crippen LogP contribution in [0.25, 0.3) is 0 Å². The second kappa shape index (κ2) is 7.57. The van der Waals surface area contributed by atoms with Crippen LogP contribution in [0, 0.1) is 0 Å². The fourth-order valence-corrected chi connectivity index (χ4v) is 3.05. The van der Waals surface area contributed by atoms with Crippen molar-refractivity contribution in [2.75, 3.05) is 0 Å². The number of nitrogens with one attached hydrogen (secondary N) is 1. The number of benzene rings is 1. The van der Waals surface area contributed by atoms with Crippen LogP contribution in [0.1, 0.15) is 27.0 Å². The zero-order valence-corrected chi connectivity index (χ0v) is 14.2. The number of amides is 1. The maximum atomic E-state index is 12.1. The van der Waals surface area contributed by atoms with Gasteiger partial charge in [-0.15, -0.1) is 16.4 Å². The average molecular weight is 363 g/mol. The van der Waals surface area contributed by atoms with Crippen molar-refractivity contribution in [3.63, 3.8) is 0 Å². The quantitative estimate of drug-likeness (QED) is 0.706. The fourth-order valence-electron chi connectivity index (χ4n) is 2.15. The van der Waals surface area contributed by atoms with Crippen LogP contribution < -0.4 is 5.32 Å². The summed E-state index contributed by atoms with van der Waals surface area (Å²) in [7, 11) is 0. The van der Waals surface area contributed by atoms with Gasteiger partial charge >= 0.3 is 0 Å². The maximum absolute atomic E-state index is 12.1. The molecule has 0 bridgehead atoms. The Hall–Kier alpha value is -2.22. The molecule has 0 aliphatic heterocycles. The van der Waals surface area contributed by atoms with Crippen molar-refractivity contribution in [1.29, 1.82) is 0 Å². The molecule has 8 heteroatoms. The van der Waals surface area contributed by atoms with E-state index in [-0.39, 0.29) is 18.1 Å². The summed E-state index contributed by atoms with van der Waals surface area (Å²) in [6.45, 7) is 0.550. The Morgan fingerprint density at radius 2 is 2.17 bits per heavy atom. The standard InChI is InChI=1S/C16H15ClN4O2S/c17-12-5-2-1-4-11(12)8-18-16(23)13-9-21(20-19-13)10-14(22)15-6-3-7-24-15/h1-7,9,14,22H,8,10H2,(H,18,23)/t14-/m1/s1. The highest BCUT2D eigenvalue weighted by Gasteiger charge is 2.14. The minimum atomic E-state index is -0.675. The molecule has 0 saturated heterocycles. The number of halogens is 1. The molecule has 3 aromatic rings. The van der Waals surface area contributed by atoms with Gasteiger partial charge in [0.1, 0.15) is 6.10 Å². The molecular weight excluding hydrogens is 348 g/mol. The van der Waals surface area contributed by atoms with E-state index in [4.69, 9.17) is 11.6 Å². The number of aromatic nitrogens is 3. The summed E-state index contributed by atoms with van der Waals surface area (Å²) in [5.41, 5.74) is 1.02. The van der Waals surface area contributed by atoms with Crippen LogP contribution in [0.2, 0.25) is 5.02 Å². The summed E-state index contributed by atoms with van der Waals surface area (Å²) in [5, 5.41) is 23.1. The van der Waals surface area contributed by atoms with E-state index in [1.54, 1.807) is 6.07 Å². The van der Waals surface area contributed by atoms with E-state index in [9.17, 15) is 9.90 Å². The minimum absolute atomic E-state index is 0.195. The molecule has 0 aliphatic rings. The highest BCUT2D eigenvalue weighted by molar-refractivity contribution is 7.10. The van der Waals surface area contributed by atoms with Gasteiger partial charge in [-0.1, -0.05) is 41.1 Å². The highest BCUT2D eigenvalue weighted by atomic mass is 35.5. The van der Waals surface area contributed by atoms with Gasteiger partial charge < -0.3 is 10.4 Å². The molecule has 0 radical (unpaired) electrons. The number of hydrogen-bond donors (Lipinski definition) is 2. The monoisotopic (exact) mass is 362 g/mol. The van der Waals surface area contributed by atoms with Gasteiger partial charge in [-0.25, -0.2) is 4.68 Å². The Morgan fingerprint density at radius 3 is 2.92 bits per heavy atom. The average Bonchev–Trinajstić information content (AvgIpc) is 3.25. The Bertz CT molecular complexity index is 819. The summed E-state index contributed by atoms with van der Waals surface area (Å²) in [4.78, 5) is 13.0. The number of rotatable bonds is 6. The van der Waals surface area contributed by atoms with Gasteiger partial charge in [-0.05, 0) is 23.1 Å². The van der Waals surface area contributed by atoms with E-state index in [0.717, 1.165) is 10.4 Å². The van der Waals surface area contributed by atoms with E-state index in [1.807, 2.05) is 35.7 Å². The molecule has 0 aliphatic carbocycles. The molecule has 2 N–H and O–H groups in total. The van der Waals surface area contributed by atoms with E-state index < -0.39 is 6.10 Å². The molecule has 0 fully saturated rings. The van der Waals surface area contributed by atoms with Gasteiger partial charge in [0.05, 0.1) is 12.7 Å². The topological polar surface area (TPSA) is 80.0 Å². The predicted molar refractivity (Wildman–Crippen MR) is 91.9 cm³/mol. The van der Waals surface area contributed by atoms with E-state index >= 15 is 0 Å². The van der Waals surface area contributed by atoms with Gasteiger partial charge in [0.15, 0.2) is 5.69 Å². The third-order valence-electron chi connectivity index (χ3n) is 3.40. The lowest BCUT2D eigenvalue weighted by molar-refractivity contribution is 0.0945. The molecule has 1 atom stereocenters. The van der Waals surface area contributed by atoms with E-state index in [1.165, 1.54) is 22.2 Å². The molecule has 124 valence electrons. The van der Waals surface area contributed by atoms with Crippen LogP contribution in [0.4, 0.5) is 0 Å². The SMILES string of the molecule is O=C(NCc1ccccc1Cl)c1cn(C[C@@H](O)c2cccs2)nn1. The number of thiophene rings is 1. The number of nitrogens with zero attached hydrogens (tertiary/aromatic N) is 3. The summed E-state index contributed by atoms with van der Waals surface area (Å²) in [6, 6.07) is 11.0. The molecule has 2 aromatic heterocycles. The summed E-state index contributed by atoms with van der Waals surface area (Å²) < 4.78 is 1.45. The van der Waals surface area contributed by atoms with Crippen molar-refractivity contribution >= 4 is 28.8 Å². The molecule has 1 aromatic carbocycles. The first kappa shape index (κ1) is 16.6. The zero-order valence-electron chi connectivity index (χ0n) is 12.6. The second-order valence-corrected chi connectivity index (χ2v) is 6.52. The largest absolute Gasteiger partial charge is 0.386 e. The normalized spacial score (nSPS) is 12.1. The molecule has 0 spiro atoms. The summed E-state index contributed by atoms with van der Waals surface area (Å²) in [6.07, 6.45) is 0.837. The molecule has 24 heavy (non-hydrogen) atoms. The number of carbonyl (C=O) groups excluding carboxylic acids is 1. The van der Waals surface area contributed by atoms with Gasteiger partial charge in [0, 0.05) is 16.4 Å². The van der Waals surface area contributed by atoms with Crippen molar-refractivity contribution in [1.82, 2.24) is 20.3 Å². The first-order valence-corrected chi connectivity index (χ1v) is 8.52. The Kier molecular flexibility index (Phi) is 5.24. The number of carbonyl (C=O) groups is 1. The second-order valence-electron chi connectivity index (χ2n) is 5.13. The van der Waals surface area contributed by atoms with Crippen LogP contribution in [0.5, 0.6) is 0 Å². The molecule has 1 amide bonds. The highest BCUT2D eigenvalue weighted by Crippen LogP contribution is 2.20. The lowest BCUT2D eigenvalue weighted by Gasteiger charge is -2.07. The molecule has 6 nitrogen and oxygen atoms in total. The van der Waals surface area contributed by atoms with Crippen molar-refractivity contribution in [2.24, 2.45) is 0 Å². The molecule has 2 heterocycles. The van der Waals surface area contributed by atoms with Crippen molar-refractivity contribution in [2.45, 2.75) is 19.2 Å². The predicted octanol–water partition coefficient (Wildman–Crippen LogP) is 2.66. The molecular formula is C16H15ClN4O2S. The van der Waals surface area contributed by atoms with Crippen LogP contribution in [-0.4, -0.2) is 26.0 Å². The molecule has 0 unspecified atom stereocenters. The third-order valence-corrected chi connectivity index (χ3v) is 4.74. The summed E-state index contributed by atoms with van der Waals surface area (Å²) >= 11 is 7.52. The van der Waals surface area contributed by atoms with Crippen LogP contribution >= 0.6 is 22.9 Å². The van der Waals surface area contributed by atoms with Crippen LogP contribution in [-0.2, 0) is 13.1 Å². The van der Waals surface area contributed by atoms with Crippen molar-refractivity contribution < 1.29 is 9.90 Å². The van der Waals surface area contributed by atoms with Gasteiger partial charge in [-0.2, -0.15) is 0 Å². The fraction of sp³-hybridized carbons (Fsp3) is 0.188. The Balaban J connectivity index is 1.58. The van der Waals surface area contributed by atoms with Gasteiger partial charge in [-0.3, -0.25) is 4.79 Å². The Morgan fingerprint density at radius 1 is 1.33 bits per heavy atom. The number of aliphatic hydroxyl groups is 1. The van der Waals surface area contributed by atoms with Crippen LogP contribution in [0.3, 0.4) is 0 Å². The van der Waals surface area contributed by atoms with Gasteiger partial charge in [0.25, 0.3) is 5.91 Å². The lowest BCUT2D eigenvalue weighted by Crippen LogP contribution is -2.23. The first-order valence-electron chi connectivity index (χ1n) is 7.26. The smallest absolute Gasteiger partial charge is 0.273 e. The van der Waals surface area contributed by atoms with E-state index in [0.29, 0.717) is 11.6 Å². The number of aliphatic hydroxyl groups excluding tert-OH is 1. The molecule has 0 saturated carbocycles. The lowest BCUT2D eigenvalue weighted by atomic mass is 10.2. The van der Waals surface area contributed by atoms with Crippen molar-refractivity contribution in [3.05, 3.63) is 69.1 Å². The summed E-state index contributed by atoms with van der Waals surface area (Å²) in [5.74, 6) is -0.341. The zero-order chi connectivity index (χ0) is 16.9. The van der Waals surface area contributed by atoms with E-state index in [2.05, 4.69) is 15.6 Å².